The molecule has 0 aliphatic carbocycles. The van der Waals surface area contributed by atoms with Gasteiger partial charge in [-0.3, -0.25) is 14.5 Å². The molecule has 1 aromatic carbocycles. The summed E-state index contributed by atoms with van der Waals surface area (Å²) in [7, 11) is 1.62. The topological polar surface area (TPSA) is 94.3 Å². The van der Waals surface area contributed by atoms with Gasteiger partial charge in [-0.1, -0.05) is 0 Å². The molecular formula is C24H29N5O3. The SMILES string of the molecule is COc1ccc2cc(C(=O)N3CCCC3c3nc4c(c(=O)[nH]3)CCN(C(C)C)C4)[nH]c2c1. The molecular weight excluding hydrogens is 406 g/mol. The second kappa shape index (κ2) is 8.09. The summed E-state index contributed by atoms with van der Waals surface area (Å²) in [5, 5.41) is 0.957. The van der Waals surface area contributed by atoms with Gasteiger partial charge in [0.2, 0.25) is 0 Å². The van der Waals surface area contributed by atoms with Crippen LogP contribution < -0.4 is 10.3 Å². The van der Waals surface area contributed by atoms with E-state index in [0.717, 1.165) is 47.3 Å². The minimum Gasteiger partial charge on any atom is -0.497 e. The molecule has 4 heterocycles. The molecule has 2 N–H and O–H groups in total. The third-order valence-electron chi connectivity index (χ3n) is 6.74. The second-order valence-electron chi connectivity index (χ2n) is 8.98. The number of carbonyl (C=O) groups excluding carboxylic acids is 1. The molecule has 1 saturated heterocycles. The van der Waals surface area contributed by atoms with Crippen LogP contribution >= 0.6 is 0 Å². The number of aromatic amines is 2. The lowest BCUT2D eigenvalue weighted by molar-refractivity contribution is 0.0724. The Kier molecular flexibility index (Phi) is 5.25. The fourth-order valence-electron chi connectivity index (χ4n) is 4.87. The highest BCUT2D eigenvalue weighted by atomic mass is 16.5. The Bertz CT molecular complexity index is 1230. The first kappa shape index (κ1) is 20.8. The van der Waals surface area contributed by atoms with E-state index in [2.05, 4.69) is 28.7 Å². The summed E-state index contributed by atoms with van der Waals surface area (Å²) in [5.41, 5.74) is 2.96. The molecule has 8 nitrogen and oxygen atoms in total. The number of H-pyrrole nitrogens is 2. The molecule has 1 fully saturated rings. The van der Waals surface area contributed by atoms with Gasteiger partial charge in [-0.05, 0) is 51.3 Å². The van der Waals surface area contributed by atoms with E-state index in [1.807, 2.05) is 29.2 Å². The van der Waals surface area contributed by atoms with Crippen LogP contribution in [-0.2, 0) is 13.0 Å². The number of likely N-dealkylation sites (tertiary alicyclic amines) is 1. The predicted molar refractivity (Wildman–Crippen MR) is 122 cm³/mol. The van der Waals surface area contributed by atoms with Crippen molar-refractivity contribution in [3.63, 3.8) is 0 Å². The second-order valence-corrected chi connectivity index (χ2v) is 8.98. The first-order valence-electron chi connectivity index (χ1n) is 11.3. The average Bonchev–Trinajstić information content (AvgIpc) is 3.44. The highest BCUT2D eigenvalue weighted by Crippen LogP contribution is 2.32. The molecule has 168 valence electrons. The maximum absolute atomic E-state index is 13.4. The molecule has 1 atom stereocenters. The van der Waals surface area contributed by atoms with Gasteiger partial charge in [0.05, 0.1) is 18.8 Å². The van der Waals surface area contributed by atoms with Crippen LogP contribution in [0.4, 0.5) is 0 Å². The third-order valence-corrected chi connectivity index (χ3v) is 6.74. The summed E-state index contributed by atoms with van der Waals surface area (Å²) in [6, 6.07) is 7.75. The number of hydrogen-bond acceptors (Lipinski definition) is 5. The van der Waals surface area contributed by atoms with Crippen molar-refractivity contribution in [2.24, 2.45) is 0 Å². The first-order chi connectivity index (χ1) is 15.4. The highest BCUT2D eigenvalue weighted by Gasteiger charge is 2.34. The maximum Gasteiger partial charge on any atom is 0.270 e. The Morgan fingerprint density at radius 1 is 1.22 bits per heavy atom. The minimum absolute atomic E-state index is 0.0644. The van der Waals surface area contributed by atoms with Crippen molar-refractivity contribution in [3.05, 3.63) is 57.4 Å². The zero-order chi connectivity index (χ0) is 22.4. The van der Waals surface area contributed by atoms with Crippen molar-refractivity contribution in [1.82, 2.24) is 24.8 Å². The summed E-state index contributed by atoms with van der Waals surface area (Å²) in [6.45, 7) is 6.50. The van der Waals surface area contributed by atoms with Crippen molar-refractivity contribution in [1.29, 1.82) is 0 Å². The monoisotopic (exact) mass is 435 g/mol. The normalized spacial score (nSPS) is 19.0. The molecule has 0 spiro atoms. The number of amides is 1. The number of ether oxygens (including phenoxy) is 1. The zero-order valence-corrected chi connectivity index (χ0v) is 18.8. The van der Waals surface area contributed by atoms with Crippen LogP contribution in [0.3, 0.4) is 0 Å². The molecule has 2 aliphatic heterocycles. The Balaban J connectivity index is 1.45. The number of hydrogen-bond donors (Lipinski definition) is 2. The fraction of sp³-hybridized carbons (Fsp3) is 0.458. The van der Waals surface area contributed by atoms with Gasteiger partial charge in [0, 0.05) is 48.2 Å². The van der Waals surface area contributed by atoms with E-state index >= 15 is 0 Å². The van der Waals surface area contributed by atoms with E-state index in [-0.39, 0.29) is 17.5 Å². The van der Waals surface area contributed by atoms with Gasteiger partial charge in [0.15, 0.2) is 0 Å². The van der Waals surface area contributed by atoms with Gasteiger partial charge in [0.25, 0.3) is 11.5 Å². The van der Waals surface area contributed by atoms with Crippen molar-refractivity contribution < 1.29 is 9.53 Å². The van der Waals surface area contributed by atoms with Crippen LogP contribution in [0.5, 0.6) is 5.75 Å². The van der Waals surface area contributed by atoms with Crippen molar-refractivity contribution in [2.75, 3.05) is 20.2 Å². The smallest absolute Gasteiger partial charge is 0.270 e. The first-order valence-corrected chi connectivity index (χ1v) is 11.3. The summed E-state index contributed by atoms with van der Waals surface area (Å²) < 4.78 is 5.28. The number of aromatic nitrogens is 3. The number of rotatable bonds is 4. The number of methoxy groups -OCH3 is 1. The number of fused-ring (bicyclic) bond motifs is 2. The van der Waals surface area contributed by atoms with Gasteiger partial charge < -0.3 is 19.6 Å². The minimum atomic E-state index is -0.226. The van der Waals surface area contributed by atoms with Crippen LogP contribution in [0, 0.1) is 0 Å². The molecule has 0 saturated carbocycles. The number of nitrogens with zero attached hydrogens (tertiary/aromatic N) is 3. The summed E-state index contributed by atoms with van der Waals surface area (Å²) in [5.74, 6) is 1.26. The molecule has 0 radical (unpaired) electrons. The van der Waals surface area contributed by atoms with E-state index in [0.29, 0.717) is 37.1 Å². The lowest BCUT2D eigenvalue weighted by Crippen LogP contribution is -2.40. The molecule has 8 heteroatoms. The quantitative estimate of drug-likeness (QED) is 0.657. The summed E-state index contributed by atoms with van der Waals surface area (Å²) in [4.78, 5) is 41.5. The number of benzene rings is 1. The summed E-state index contributed by atoms with van der Waals surface area (Å²) >= 11 is 0. The van der Waals surface area contributed by atoms with Crippen molar-refractivity contribution in [2.45, 2.75) is 51.7 Å². The van der Waals surface area contributed by atoms with E-state index < -0.39 is 0 Å². The predicted octanol–water partition coefficient (Wildman–Crippen LogP) is 3.00. The molecule has 1 amide bonds. The standard InChI is InChI=1S/C24H29N5O3/c1-14(2)28-10-8-17-20(13-28)26-22(27-23(17)30)21-5-4-9-29(21)24(31)19-11-15-6-7-16(32-3)12-18(15)25-19/h6-7,11-12,14,21,25H,4-5,8-10,13H2,1-3H3,(H,26,27,30). The molecule has 5 rings (SSSR count). The largest absolute Gasteiger partial charge is 0.497 e. The molecule has 2 aromatic heterocycles. The van der Waals surface area contributed by atoms with Crippen molar-refractivity contribution in [3.8, 4) is 5.75 Å². The van der Waals surface area contributed by atoms with Gasteiger partial charge >= 0.3 is 0 Å². The van der Waals surface area contributed by atoms with Crippen LogP contribution in [-0.4, -0.2) is 56.9 Å². The Hall–Kier alpha value is -3.13. The van der Waals surface area contributed by atoms with Crippen LogP contribution in [0.25, 0.3) is 10.9 Å². The highest BCUT2D eigenvalue weighted by molar-refractivity contribution is 5.98. The van der Waals surface area contributed by atoms with E-state index in [1.54, 1.807) is 7.11 Å². The number of carbonyl (C=O) groups is 1. The van der Waals surface area contributed by atoms with Crippen LogP contribution in [0.1, 0.15) is 60.3 Å². The summed E-state index contributed by atoms with van der Waals surface area (Å²) in [6.07, 6.45) is 2.38. The molecule has 1 unspecified atom stereocenters. The van der Waals surface area contributed by atoms with Gasteiger partial charge in [-0.25, -0.2) is 4.98 Å². The van der Waals surface area contributed by atoms with Crippen LogP contribution in [0.15, 0.2) is 29.1 Å². The third kappa shape index (κ3) is 3.58. The van der Waals surface area contributed by atoms with Crippen LogP contribution in [0.2, 0.25) is 0 Å². The van der Waals surface area contributed by atoms with E-state index in [9.17, 15) is 9.59 Å². The lowest BCUT2D eigenvalue weighted by atomic mass is 10.0. The Morgan fingerprint density at radius 2 is 2.06 bits per heavy atom. The zero-order valence-electron chi connectivity index (χ0n) is 18.8. The van der Waals surface area contributed by atoms with Gasteiger partial charge in [-0.15, -0.1) is 0 Å². The van der Waals surface area contributed by atoms with Gasteiger partial charge in [-0.2, -0.15) is 0 Å². The van der Waals surface area contributed by atoms with E-state index in [4.69, 9.17) is 9.72 Å². The maximum atomic E-state index is 13.4. The van der Waals surface area contributed by atoms with Crippen molar-refractivity contribution >= 4 is 16.8 Å². The van der Waals surface area contributed by atoms with Gasteiger partial charge in [0.1, 0.15) is 17.3 Å². The Morgan fingerprint density at radius 3 is 2.84 bits per heavy atom. The fourth-order valence-corrected chi connectivity index (χ4v) is 4.87. The average molecular weight is 436 g/mol. The van der Waals surface area contributed by atoms with E-state index in [1.165, 1.54) is 0 Å². The molecule has 2 aliphatic rings. The molecule has 32 heavy (non-hydrogen) atoms. The Labute approximate surface area is 186 Å². The lowest BCUT2D eigenvalue weighted by Gasteiger charge is -2.31. The molecule has 3 aromatic rings. The number of nitrogens with one attached hydrogen (secondary N) is 2. The molecule has 0 bridgehead atoms.